The second kappa shape index (κ2) is 8.90. The lowest BCUT2D eigenvalue weighted by Crippen LogP contribution is -2.53. The third kappa shape index (κ3) is 4.40. The second-order valence-electron chi connectivity index (χ2n) is 7.41. The van der Waals surface area contributed by atoms with Crippen LogP contribution in [0, 0.1) is 0 Å². The highest BCUT2D eigenvalue weighted by atomic mass is 16.5. The summed E-state index contributed by atoms with van der Waals surface area (Å²) in [5.74, 6) is 0.861. The normalized spacial score (nSPS) is 14.0. The summed E-state index contributed by atoms with van der Waals surface area (Å²) in [7, 11) is 1.62. The SMILES string of the molecule is COc1cccc(CNC(=O)N2CCN(C(=O)Cc3c[nH]c4ccccc34)CC2)c1. The van der Waals surface area contributed by atoms with E-state index in [9.17, 15) is 9.59 Å². The molecule has 1 aromatic heterocycles. The zero-order valence-corrected chi connectivity index (χ0v) is 17.1. The Labute approximate surface area is 175 Å². The van der Waals surface area contributed by atoms with Gasteiger partial charge >= 0.3 is 6.03 Å². The van der Waals surface area contributed by atoms with Gasteiger partial charge in [0.1, 0.15) is 5.75 Å². The molecule has 3 aromatic rings. The smallest absolute Gasteiger partial charge is 0.317 e. The van der Waals surface area contributed by atoms with Crippen LogP contribution < -0.4 is 10.1 Å². The number of para-hydroxylation sites is 1. The molecule has 30 heavy (non-hydrogen) atoms. The van der Waals surface area contributed by atoms with Gasteiger partial charge in [0.2, 0.25) is 5.91 Å². The molecular weight excluding hydrogens is 380 g/mol. The van der Waals surface area contributed by atoms with E-state index in [1.54, 1.807) is 12.0 Å². The quantitative estimate of drug-likeness (QED) is 0.684. The molecule has 0 saturated carbocycles. The fourth-order valence-corrected chi connectivity index (χ4v) is 3.78. The minimum atomic E-state index is -0.110. The van der Waals surface area contributed by atoms with Crippen LogP contribution in [0.4, 0.5) is 4.79 Å². The maximum Gasteiger partial charge on any atom is 0.317 e. The van der Waals surface area contributed by atoms with Crippen molar-refractivity contribution in [1.29, 1.82) is 0 Å². The fourth-order valence-electron chi connectivity index (χ4n) is 3.78. The van der Waals surface area contributed by atoms with E-state index in [0.717, 1.165) is 27.8 Å². The predicted octanol–water partition coefficient (Wildman–Crippen LogP) is 2.77. The molecule has 2 aromatic carbocycles. The number of rotatable bonds is 5. The first-order valence-electron chi connectivity index (χ1n) is 10.1. The molecule has 0 bridgehead atoms. The molecular formula is C23H26N4O3. The number of nitrogens with one attached hydrogen (secondary N) is 2. The third-order valence-electron chi connectivity index (χ3n) is 5.51. The van der Waals surface area contributed by atoms with Crippen LogP contribution in [0.2, 0.25) is 0 Å². The van der Waals surface area contributed by atoms with E-state index in [2.05, 4.69) is 10.3 Å². The van der Waals surface area contributed by atoms with Crippen molar-refractivity contribution in [3.8, 4) is 5.75 Å². The van der Waals surface area contributed by atoms with Gasteiger partial charge in [0.05, 0.1) is 13.5 Å². The Morgan fingerprint density at radius 1 is 1.03 bits per heavy atom. The van der Waals surface area contributed by atoms with Crippen molar-refractivity contribution in [3.05, 3.63) is 65.9 Å². The molecule has 2 N–H and O–H groups in total. The van der Waals surface area contributed by atoms with Gasteiger partial charge in [-0.2, -0.15) is 0 Å². The third-order valence-corrected chi connectivity index (χ3v) is 5.51. The van der Waals surface area contributed by atoms with E-state index in [4.69, 9.17) is 4.74 Å². The molecule has 0 radical (unpaired) electrons. The summed E-state index contributed by atoms with van der Waals surface area (Å²) in [5, 5.41) is 4.03. The Morgan fingerprint density at radius 3 is 2.60 bits per heavy atom. The van der Waals surface area contributed by atoms with Crippen molar-refractivity contribution in [2.45, 2.75) is 13.0 Å². The second-order valence-corrected chi connectivity index (χ2v) is 7.41. The maximum absolute atomic E-state index is 12.7. The van der Waals surface area contributed by atoms with Gasteiger partial charge in [0.15, 0.2) is 0 Å². The number of H-pyrrole nitrogens is 1. The predicted molar refractivity (Wildman–Crippen MR) is 115 cm³/mol. The van der Waals surface area contributed by atoms with Crippen molar-refractivity contribution < 1.29 is 14.3 Å². The number of hydrogen-bond donors (Lipinski definition) is 2. The molecule has 7 nitrogen and oxygen atoms in total. The topological polar surface area (TPSA) is 77.7 Å². The summed E-state index contributed by atoms with van der Waals surface area (Å²) >= 11 is 0. The Kier molecular flexibility index (Phi) is 5.88. The molecule has 1 aliphatic heterocycles. The molecule has 1 saturated heterocycles. The highest BCUT2D eigenvalue weighted by molar-refractivity contribution is 5.89. The highest BCUT2D eigenvalue weighted by Crippen LogP contribution is 2.19. The molecule has 0 atom stereocenters. The van der Waals surface area contributed by atoms with Crippen LogP contribution in [0.25, 0.3) is 10.9 Å². The molecule has 0 unspecified atom stereocenters. The number of piperazine rings is 1. The summed E-state index contributed by atoms with van der Waals surface area (Å²) < 4.78 is 5.21. The Hall–Kier alpha value is -3.48. The molecule has 156 valence electrons. The average Bonchev–Trinajstić information content (AvgIpc) is 3.20. The lowest BCUT2D eigenvalue weighted by atomic mass is 10.1. The number of nitrogens with zero attached hydrogens (tertiary/aromatic N) is 2. The molecule has 1 aliphatic rings. The van der Waals surface area contributed by atoms with E-state index < -0.39 is 0 Å². The summed E-state index contributed by atoms with van der Waals surface area (Å²) in [5.41, 5.74) is 3.03. The van der Waals surface area contributed by atoms with Gasteiger partial charge in [-0.05, 0) is 29.3 Å². The minimum Gasteiger partial charge on any atom is -0.497 e. The molecule has 3 amide bonds. The highest BCUT2D eigenvalue weighted by Gasteiger charge is 2.24. The first kappa shape index (κ1) is 19.8. The van der Waals surface area contributed by atoms with Crippen molar-refractivity contribution >= 4 is 22.8 Å². The Morgan fingerprint density at radius 2 is 1.80 bits per heavy atom. The number of benzene rings is 2. The maximum atomic E-state index is 12.7. The zero-order chi connectivity index (χ0) is 20.9. The Bertz CT molecular complexity index is 1040. The number of aromatic amines is 1. The minimum absolute atomic E-state index is 0.0937. The van der Waals surface area contributed by atoms with Gasteiger partial charge in [-0.1, -0.05) is 30.3 Å². The van der Waals surface area contributed by atoms with Gasteiger partial charge in [-0.25, -0.2) is 4.79 Å². The molecule has 2 heterocycles. The monoisotopic (exact) mass is 406 g/mol. The zero-order valence-electron chi connectivity index (χ0n) is 17.1. The number of methoxy groups -OCH3 is 1. The van der Waals surface area contributed by atoms with E-state index >= 15 is 0 Å². The number of ether oxygens (including phenoxy) is 1. The summed E-state index contributed by atoms with van der Waals surface area (Å²) in [6, 6.07) is 15.5. The van der Waals surface area contributed by atoms with Crippen LogP contribution in [-0.4, -0.2) is 60.0 Å². The van der Waals surface area contributed by atoms with Crippen LogP contribution in [-0.2, 0) is 17.8 Å². The van der Waals surface area contributed by atoms with E-state index in [0.29, 0.717) is 39.1 Å². The molecule has 4 rings (SSSR count). The lowest BCUT2D eigenvalue weighted by Gasteiger charge is -2.34. The van der Waals surface area contributed by atoms with Crippen molar-refractivity contribution in [2.24, 2.45) is 0 Å². The summed E-state index contributed by atoms with van der Waals surface area (Å²) in [4.78, 5) is 32.0. The largest absolute Gasteiger partial charge is 0.497 e. The standard InChI is InChI=1S/C23H26N4O3/c1-30-19-6-4-5-17(13-19)15-25-23(29)27-11-9-26(10-12-27)22(28)14-18-16-24-21-8-3-2-7-20(18)21/h2-8,13,16,24H,9-12,14-15H2,1H3,(H,25,29). The Balaban J connectivity index is 1.26. The number of aromatic nitrogens is 1. The van der Waals surface area contributed by atoms with Crippen LogP contribution in [0.5, 0.6) is 5.75 Å². The molecule has 0 aliphatic carbocycles. The average molecular weight is 406 g/mol. The van der Waals surface area contributed by atoms with Gasteiger partial charge in [-0.3, -0.25) is 4.79 Å². The number of carbonyl (C=O) groups excluding carboxylic acids is 2. The lowest BCUT2D eigenvalue weighted by molar-refractivity contribution is -0.131. The number of carbonyl (C=O) groups is 2. The molecule has 0 spiro atoms. The number of amides is 3. The van der Waals surface area contributed by atoms with Gasteiger partial charge in [0.25, 0.3) is 0 Å². The molecule has 1 fully saturated rings. The van der Waals surface area contributed by atoms with E-state index in [1.165, 1.54) is 0 Å². The van der Waals surface area contributed by atoms with Crippen LogP contribution in [0.1, 0.15) is 11.1 Å². The van der Waals surface area contributed by atoms with E-state index in [-0.39, 0.29) is 11.9 Å². The van der Waals surface area contributed by atoms with Gasteiger partial charge in [-0.15, -0.1) is 0 Å². The summed E-state index contributed by atoms with van der Waals surface area (Å²) in [6.45, 7) is 2.60. The molecule has 7 heteroatoms. The van der Waals surface area contributed by atoms with Crippen LogP contribution in [0.15, 0.2) is 54.7 Å². The van der Waals surface area contributed by atoms with Gasteiger partial charge in [0, 0.05) is 49.8 Å². The fraction of sp³-hybridized carbons (Fsp3) is 0.304. The number of fused-ring (bicyclic) bond motifs is 1. The summed E-state index contributed by atoms with van der Waals surface area (Å²) in [6.07, 6.45) is 2.27. The van der Waals surface area contributed by atoms with E-state index in [1.807, 2.05) is 59.6 Å². The number of urea groups is 1. The van der Waals surface area contributed by atoms with Crippen molar-refractivity contribution in [2.75, 3.05) is 33.3 Å². The number of hydrogen-bond acceptors (Lipinski definition) is 3. The van der Waals surface area contributed by atoms with Crippen LogP contribution >= 0.6 is 0 Å². The first-order chi connectivity index (χ1) is 14.6. The van der Waals surface area contributed by atoms with Crippen molar-refractivity contribution in [3.63, 3.8) is 0 Å². The van der Waals surface area contributed by atoms with Gasteiger partial charge < -0.3 is 24.8 Å². The first-order valence-corrected chi connectivity index (χ1v) is 10.1. The van der Waals surface area contributed by atoms with Crippen molar-refractivity contribution in [1.82, 2.24) is 20.1 Å². The van der Waals surface area contributed by atoms with Crippen LogP contribution in [0.3, 0.4) is 0 Å².